The first-order chi connectivity index (χ1) is 11.4. The van der Waals surface area contributed by atoms with Gasteiger partial charge in [-0.2, -0.15) is 0 Å². The molecule has 0 spiro atoms. The average Bonchev–Trinajstić information content (AvgIpc) is 3.25. The Hall–Kier alpha value is -1.36. The van der Waals surface area contributed by atoms with Crippen LogP contribution >= 0.6 is 0 Å². The van der Waals surface area contributed by atoms with Crippen molar-refractivity contribution in [3.8, 4) is 0 Å². The van der Waals surface area contributed by atoms with Crippen molar-refractivity contribution < 1.29 is 23.8 Å². The van der Waals surface area contributed by atoms with Gasteiger partial charge in [0.2, 0.25) is 0 Å². The van der Waals surface area contributed by atoms with E-state index in [1.54, 1.807) is 6.92 Å². The Labute approximate surface area is 142 Å². The van der Waals surface area contributed by atoms with E-state index in [1.807, 2.05) is 0 Å². The first kappa shape index (κ1) is 16.1. The summed E-state index contributed by atoms with van der Waals surface area (Å²) in [6.45, 7) is 4.74. The summed E-state index contributed by atoms with van der Waals surface area (Å²) in [4.78, 5) is 23.7. The van der Waals surface area contributed by atoms with E-state index < -0.39 is 17.5 Å². The first-order valence-electron chi connectivity index (χ1n) is 9.09. The van der Waals surface area contributed by atoms with Gasteiger partial charge in [0, 0.05) is 12.0 Å². The fraction of sp³-hybridized carbons (Fsp3) is 0.789. The van der Waals surface area contributed by atoms with Crippen molar-refractivity contribution in [2.45, 2.75) is 75.6 Å². The Bertz CT molecular complexity index is 557. The van der Waals surface area contributed by atoms with E-state index in [-0.39, 0.29) is 17.8 Å². The van der Waals surface area contributed by atoms with Gasteiger partial charge < -0.3 is 14.2 Å². The summed E-state index contributed by atoms with van der Waals surface area (Å²) < 4.78 is 17.2. The highest BCUT2D eigenvalue weighted by Crippen LogP contribution is 2.61. The molecule has 132 valence electrons. The summed E-state index contributed by atoms with van der Waals surface area (Å²) >= 11 is 0. The quantitative estimate of drug-likeness (QED) is 0.552. The van der Waals surface area contributed by atoms with Crippen molar-refractivity contribution >= 4 is 11.9 Å². The van der Waals surface area contributed by atoms with E-state index in [0.29, 0.717) is 17.9 Å². The molecule has 0 radical (unpaired) electrons. The standard InChI is InChI=1S/C19H26O5/c1-12(2)17(21)22-10-16(20)24-19-8-13-5-14(9-19)7-18(6-13,11-19)23-15-3-4-15/h13-15H,1,3-11H2,2H3. The van der Waals surface area contributed by atoms with Gasteiger partial charge >= 0.3 is 11.9 Å². The molecule has 5 fully saturated rings. The lowest BCUT2D eigenvalue weighted by atomic mass is 9.52. The third-order valence-electron chi connectivity index (χ3n) is 5.89. The van der Waals surface area contributed by atoms with Gasteiger partial charge in [0.1, 0.15) is 5.60 Å². The van der Waals surface area contributed by atoms with Gasteiger partial charge in [0.25, 0.3) is 0 Å². The zero-order valence-electron chi connectivity index (χ0n) is 14.3. The predicted octanol–water partition coefficient (Wildman–Crippen LogP) is 2.92. The second kappa shape index (κ2) is 5.58. The zero-order chi connectivity index (χ0) is 16.9. The molecule has 0 heterocycles. The van der Waals surface area contributed by atoms with E-state index in [4.69, 9.17) is 14.2 Å². The smallest absolute Gasteiger partial charge is 0.344 e. The number of hydrogen-bond acceptors (Lipinski definition) is 5. The SMILES string of the molecule is C=C(C)C(=O)OCC(=O)OC12CC3CC(C1)CC(OC1CC1)(C3)C2. The van der Waals surface area contributed by atoms with Crippen molar-refractivity contribution in [3.63, 3.8) is 0 Å². The molecule has 0 aromatic heterocycles. The Kier molecular flexibility index (Phi) is 3.75. The second-order valence-corrected chi connectivity index (χ2v) is 8.47. The van der Waals surface area contributed by atoms with Gasteiger partial charge in [-0.25, -0.2) is 9.59 Å². The van der Waals surface area contributed by atoms with E-state index >= 15 is 0 Å². The molecule has 0 amide bonds. The first-order valence-corrected chi connectivity index (χ1v) is 9.09. The normalized spacial score (nSPS) is 39.5. The van der Waals surface area contributed by atoms with Crippen LogP contribution in [-0.4, -0.2) is 35.9 Å². The molecule has 2 atom stereocenters. The van der Waals surface area contributed by atoms with Crippen LogP contribution in [0.1, 0.15) is 58.3 Å². The summed E-state index contributed by atoms with van der Waals surface area (Å²) in [6.07, 6.45) is 8.89. The van der Waals surface area contributed by atoms with Gasteiger partial charge in [-0.05, 0) is 63.7 Å². The molecule has 5 aliphatic carbocycles. The Morgan fingerprint density at radius 2 is 1.71 bits per heavy atom. The van der Waals surface area contributed by atoms with Crippen molar-refractivity contribution in [2.75, 3.05) is 6.61 Å². The van der Waals surface area contributed by atoms with E-state index in [9.17, 15) is 9.59 Å². The predicted molar refractivity (Wildman–Crippen MR) is 86.1 cm³/mol. The maximum atomic E-state index is 12.2. The van der Waals surface area contributed by atoms with Crippen LogP contribution in [0.4, 0.5) is 0 Å². The lowest BCUT2D eigenvalue weighted by Gasteiger charge is -2.60. The van der Waals surface area contributed by atoms with Crippen LogP contribution < -0.4 is 0 Å². The van der Waals surface area contributed by atoms with Gasteiger partial charge in [0.05, 0.1) is 11.7 Å². The minimum absolute atomic E-state index is 0.0834. The van der Waals surface area contributed by atoms with Crippen LogP contribution in [-0.2, 0) is 23.8 Å². The molecule has 5 heteroatoms. The molecule has 2 unspecified atom stereocenters. The number of carbonyl (C=O) groups excluding carboxylic acids is 2. The minimum Gasteiger partial charge on any atom is -0.456 e. The second-order valence-electron chi connectivity index (χ2n) is 8.47. The summed E-state index contributed by atoms with van der Waals surface area (Å²) in [7, 11) is 0. The Balaban J connectivity index is 1.41. The highest BCUT2D eigenvalue weighted by molar-refractivity contribution is 5.88. The number of ether oxygens (including phenoxy) is 3. The topological polar surface area (TPSA) is 61.8 Å². The molecule has 0 aromatic carbocycles. The van der Waals surface area contributed by atoms with Crippen LogP contribution in [0.5, 0.6) is 0 Å². The monoisotopic (exact) mass is 334 g/mol. The molecule has 0 saturated heterocycles. The summed E-state index contributed by atoms with van der Waals surface area (Å²) in [5.74, 6) is 0.186. The molecule has 5 aliphatic rings. The minimum atomic E-state index is -0.550. The van der Waals surface area contributed by atoms with E-state index in [0.717, 1.165) is 32.1 Å². The molecular formula is C19H26O5. The molecule has 5 nitrogen and oxygen atoms in total. The number of esters is 2. The number of carbonyl (C=O) groups is 2. The van der Waals surface area contributed by atoms with Crippen LogP contribution in [0, 0.1) is 11.8 Å². The van der Waals surface area contributed by atoms with E-state index in [2.05, 4.69) is 6.58 Å². The van der Waals surface area contributed by atoms with Gasteiger partial charge in [-0.1, -0.05) is 6.58 Å². The molecule has 24 heavy (non-hydrogen) atoms. The largest absolute Gasteiger partial charge is 0.456 e. The maximum Gasteiger partial charge on any atom is 0.344 e. The van der Waals surface area contributed by atoms with E-state index in [1.165, 1.54) is 19.3 Å². The molecule has 0 aliphatic heterocycles. The summed E-state index contributed by atoms with van der Waals surface area (Å²) in [6, 6.07) is 0. The molecule has 0 aromatic rings. The highest BCUT2D eigenvalue weighted by atomic mass is 16.6. The van der Waals surface area contributed by atoms with Gasteiger partial charge in [-0.3, -0.25) is 0 Å². The van der Waals surface area contributed by atoms with Crippen molar-refractivity contribution in [1.29, 1.82) is 0 Å². The van der Waals surface area contributed by atoms with Crippen LogP contribution in [0.2, 0.25) is 0 Å². The van der Waals surface area contributed by atoms with Crippen molar-refractivity contribution in [1.82, 2.24) is 0 Å². The summed E-state index contributed by atoms with van der Waals surface area (Å²) in [5.41, 5.74) is -0.208. The Morgan fingerprint density at radius 1 is 1.08 bits per heavy atom. The third-order valence-corrected chi connectivity index (χ3v) is 5.89. The van der Waals surface area contributed by atoms with Crippen molar-refractivity contribution in [2.24, 2.45) is 11.8 Å². The maximum absolute atomic E-state index is 12.2. The molecule has 4 bridgehead atoms. The highest BCUT2D eigenvalue weighted by Gasteiger charge is 2.61. The molecule has 5 saturated carbocycles. The van der Waals surface area contributed by atoms with Crippen LogP contribution in [0.25, 0.3) is 0 Å². The van der Waals surface area contributed by atoms with Crippen LogP contribution in [0.3, 0.4) is 0 Å². The van der Waals surface area contributed by atoms with Gasteiger partial charge in [0.15, 0.2) is 6.61 Å². The fourth-order valence-corrected chi connectivity index (χ4v) is 5.41. The third kappa shape index (κ3) is 3.10. The lowest BCUT2D eigenvalue weighted by molar-refractivity contribution is -0.238. The fourth-order valence-electron chi connectivity index (χ4n) is 5.41. The lowest BCUT2D eigenvalue weighted by Crippen LogP contribution is -2.61. The molecule has 0 N–H and O–H groups in total. The molecular weight excluding hydrogens is 308 g/mol. The summed E-state index contributed by atoms with van der Waals surface area (Å²) in [5, 5.41) is 0. The van der Waals surface area contributed by atoms with Crippen molar-refractivity contribution in [3.05, 3.63) is 12.2 Å². The number of hydrogen-bond donors (Lipinski definition) is 0. The zero-order valence-corrected chi connectivity index (χ0v) is 14.3. The molecule has 5 rings (SSSR count). The number of rotatable bonds is 6. The Morgan fingerprint density at radius 3 is 2.29 bits per heavy atom. The van der Waals surface area contributed by atoms with Crippen LogP contribution in [0.15, 0.2) is 12.2 Å². The average molecular weight is 334 g/mol. The van der Waals surface area contributed by atoms with Gasteiger partial charge in [-0.15, -0.1) is 0 Å².